The Balaban J connectivity index is 1.68. The number of nitrogens with zero attached hydrogens (tertiary/aromatic N) is 4. The van der Waals surface area contributed by atoms with Gasteiger partial charge in [0.05, 0.1) is 17.6 Å². The Kier molecular flexibility index (Phi) is 4.20. The first-order chi connectivity index (χ1) is 11.7. The summed E-state index contributed by atoms with van der Waals surface area (Å²) >= 11 is 3.53. The van der Waals surface area contributed by atoms with E-state index >= 15 is 0 Å². The maximum absolute atomic E-state index is 4.59. The summed E-state index contributed by atoms with van der Waals surface area (Å²) in [6.45, 7) is 4.13. The van der Waals surface area contributed by atoms with Crippen LogP contribution in [0.1, 0.15) is 24.4 Å². The lowest BCUT2D eigenvalue weighted by Crippen LogP contribution is -2.29. The van der Waals surface area contributed by atoms with Gasteiger partial charge in [0.15, 0.2) is 5.65 Å². The average molecular weight is 387 g/mol. The standard InChI is InChI=1S/C17H19BrN6/c1-11-8-12(2-3-15(11)18)23-16-14-9-22-24(17(14)21-10-20-16)13-4-6-19-7-5-13/h2-3,8-10,13,19H,4-7H2,1H3,(H,20,21,23). The number of hydrogen-bond donors (Lipinski definition) is 2. The molecule has 3 aromatic rings. The van der Waals surface area contributed by atoms with Gasteiger partial charge < -0.3 is 10.6 Å². The molecule has 0 aliphatic carbocycles. The fourth-order valence-electron chi connectivity index (χ4n) is 3.14. The van der Waals surface area contributed by atoms with E-state index in [2.05, 4.69) is 59.3 Å². The van der Waals surface area contributed by atoms with Gasteiger partial charge in [-0.05, 0) is 56.6 Å². The van der Waals surface area contributed by atoms with Crippen LogP contribution >= 0.6 is 15.9 Å². The molecule has 1 fully saturated rings. The smallest absolute Gasteiger partial charge is 0.163 e. The highest BCUT2D eigenvalue weighted by molar-refractivity contribution is 9.10. The minimum atomic E-state index is 0.404. The van der Waals surface area contributed by atoms with Crippen LogP contribution in [0, 0.1) is 6.92 Å². The molecule has 6 nitrogen and oxygen atoms in total. The molecule has 2 N–H and O–H groups in total. The van der Waals surface area contributed by atoms with Crippen molar-refractivity contribution in [2.45, 2.75) is 25.8 Å². The van der Waals surface area contributed by atoms with Gasteiger partial charge in [-0.3, -0.25) is 0 Å². The molecule has 3 heterocycles. The topological polar surface area (TPSA) is 67.7 Å². The number of rotatable bonds is 3. The number of aryl methyl sites for hydroxylation is 1. The summed E-state index contributed by atoms with van der Waals surface area (Å²) in [4.78, 5) is 8.88. The Bertz CT molecular complexity index is 869. The number of aromatic nitrogens is 4. The van der Waals surface area contributed by atoms with Gasteiger partial charge in [0.1, 0.15) is 12.1 Å². The Hall–Kier alpha value is -1.99. The second-order valence-electron chi connectivity index (χ2n) is 6.12. The van der Waals surface area contributed by atoms with Crippen LogP contribution in [0.25, 0.3) is 11.0 Å². The van der Waals surface area contributed by atoms with Gasteiger partial charge in [0.25, 0.3) is 0 Å². The summed E-state index contributed by atoms with van der Waals surface area (Å²) in [5, 5.41) is 12.3. The molecule has 7 heteroatoms. The van der Waals surface area contributed by atoms with E-state index in [1.165, 1.54) is 5.56 Å². The lowest BCUT2D eigenvalue weighted by Gasteiger charge is -2.23. The second-order valence-corrected chi connectivity index (χ2v) is 6.97. The van der Waals surface area contributed by atoms with Crippen LogP contribution in [-0.4, -0.2) is 32.8 Å². The van der Waals surface area contributed by atoms with Gasteiger partial charge in [0, 0.05) is 10.2 Å². The molecular weight excluding hydrogens is 368 g/mol. The van der Waals surface area contributed by atoms with E-state index in [4.69, 9.17) is 0 Å². The van der Waals surface area contributed by atoms with Crippen molar-refractivity contribution >= 4 is 38.5 Å². The normalized spacial score (nSPS) is 15.8. The van der Waals surface area contributed by atoms with Crippen LogP contribution in [0.2, 0.25) is 0 Å². The summed E-state index contributed by atoms with van der Waals surface area (Å²) in [5.41, 5.74) is 3.08. The van der Waals surface area contributed by atoms with Crippen LogP contribution < -0.4 is 10.6 Å². The van der Waals surface area contributed by atoms with E-state index in [9.17, 15) is 0 Å². The third-order valence-corrected chi connectivity index (χ3v) is 5.36. The minimum absolute atomic E-state index is 0.404. The van der Waals surface area contributed by atoms with Crippen LogP contribution in [0.15, 0.2) is 35.2 Å². The van der Waals surface area contributed by atoms with E-state index in [0.717, 1.165) is 52.9 Å². The Labute approximate surface area is 148 Å². The first-order valence-electron chi connectivity index (χ1n) is 8.14. The molecule has 0 bridgehead atoms. The van der Waals surface area contributed by atoms with Crippen molar-refractivity contribution in [1.82, 2.24) is 25.1 Å². The highest BCUT2D eigenvalue weighted by atomic mass is 79.9. The summed E-state index contributed by atoms with van der Waals surface area (Å²) in [7, 11) is 0. The summed E-state index contributed by atoms with van der Waals surface area (Å²) < 4.78 is 3.15. The summed E-state index contributed by atoms with van der Waals surface area (Å²) in [6.07, 6.45) is 5.63. The lowest BCUT2D eigenvalue weighted by atomic mass is 10.1. The monoisotopic (exact) mass is 386 g/mol. The third kappa shape index (κ3) is 2.89. The van der Waals surface area contributed by atoms with Crippen molar-refractivity contribution in [3.05, 3.63) is 40.8 Å². The van der Waals surface area contributed by atoms with Gasteiger partial charge in [-0.2, -0.15) is 5.10 Å². The zero-order chi connectivity index (χ0) is 16.5. The Morgan fingerprint density at radius 3 is 2.88 bits per heavy atom. The largest absolute Gasteiger partial charge is 0.340 e. The van der Waals surface area contributed by atoms with Crippen molar-refractivity contribution < 1.29 is 0 Å². The van der Waals surface area contributed by atoms with Gasteiger partial charge in [-0.25, -0.2) is 14.6 Å². The maximum Gasteiger partial charge on any atom is 0.163 e. The molecule has 0 atom stereocenters. The van der Waals surface area contributed by atoms with E-state index in [1.54, 1.807) is 6.33 Å². The zero-order valence-corrected chi connectivity index (χ0v) is 15.0. The molecule has 1 aliphatic heterocycles. The predicted molar refractivity (Wildman–Crippen MR) is 98.6 cm³/mol. The highest BCUT2D eigenvalue weighted by Crippen LogP contribution is 2.28. The fourth-order valence-corrected chi connectivity index (χ4v) is 3.39. The molecule has 24 heavy (non-hydrogen) atoms. The molecule has 1 saturated heterocycles. The summed E-state index contributed by atoms with van der Waals surface area (Å²) in [6, 6.07) is 6.56. The number of benzene rings is 1. The van der Waals surface area contributed by atoms with Gasteiger partial charge in [-0.1, -0.05) is 15.9 Å². The van der Waals surface area contributed by atoms with E-state index in [1.807, 2.05) is 18.3 Å². The van der Waals surface area contributed by atoms with E-state index in [-0.39, 0.29) is 0 Å². The van der Waals surface area contributed by atoms with Gasteiger partial charge in [-0.15, -0.1) is 0 Å². The summed E-state index contributed by atoms with van der Waals surface area (Å²) in [5.74, 6) is 0.793. The number of anilines is 2. The number of nitrogens with one attached hydrogen (secondary N) is 2. The molecule has 0 amide bonds. The number of hydrogen-bond acceptors (Lipinski definition) is 5. The highest BCUT2D eigenvalue weighted by Gasteiger charge is 2.19. The SMILES string of the molecule is Cc1cc(Nc2ncnc3c2cnn3C2CCNCC2)ccc1Br. The Morgan fingerprint density at radius 1 is 1.25 bits per heavy atom. The third-order valence-electron chi connectivity index (χ3n) is 4.47. The number of piperidine rings is 1. The number of fused-ring (bicyclic) bond motifs is 1. The molecule has 1 aromatic carbocycles. The predicted octanol–water partition coefficient (Wildman–Crippen LogP) is 3.57. The fraction of sp³-hybridized carbons (Fsp3) is 0.353. The number of halogens is 1. The van der Waals surface area contributed by atoms with Crippen LogP contribution in [0.5, 0.6) is 0 Å². The van der Waals surface area contributed by atoms with Crippen molar-refractivity contribution in [2.75, 3.05) is 18.4 Å². The van der Waals surface area contributed by atoms with Crippen LogP contribution in [-0.2, 0) is 0 Å². The molecule has 0 spiro atoms. The molecule has 0 radical (unpaired) electrons. The van der Waals surface area contributed by atoms with E-state index < -0.39 is 0 Å². The molecule has 1 aliphatic rings. The van der Waals surface area contributed by atoms with Crippen LogP contribution in [0.4, 0.5) is 11.5 Å². The maximum atomic E-state index is 4.59. The lowest BCUT2D eigenvalue weighted by molar-refractivity contribution is 0.349. The van der Waals surface area contributed by atoms with Crippen LogP contribution in [0.3, 0.4) is 0 Å². The molecule has 0 saturated carbocycles. The van der Waals surface area contributed by atoms with Gasteiger partial charge >= 0.3 is 0 Å². The first-order valence-corrected chi connectivity index (χ1v) is 8.94. The molecule has 124 valence electrons. The molecule has 4 rings (SSSR count). The van der Waals surface area contributed by atoms with Crippen molar-refractivity contribution in [3.8, 4) is 0 Å². The molecular formula is C17H19BrN6. The van der Waals surface area contributed by atoms with Crippen molar-refractivity contribution in [1.29, 1.82) is 0 Å². The average Bonchev–Trinajstić information content (AvgIpc) is 3.04. The van der Waals surface area contributed by atoms with Gasteiger partial charge in [0.2, 0.25) is 0 Å². The molecule has 0 unspecified atom stereocenters. The van der Waals surface area contributed by atoms with Crippen molar-refractivity contribution in [2.24, 2.45) is 0 Å². The van der Waals surface area contributed by atoms with E-state index in [0.29, 0.717) is 6.04 Å². The zero-order valence-electron chi connectivity index (χ0n) is 13.5. The first kappa shape index (κ1) is 15.5. The molecule has 2 aromatic heterocycles. The Morgan fingerprint density at radius 2 is 2.08 bits per heavy atom. The van der Waals surface area contributed by atoms with Crippen molar-refractivity contribution in [3.63, 3.8) is 0 Å². The minimum Gasteiger partial charge on any atom is -0.340 e. The second kappa shape index (κ2) is 6.49. The quantitative estimate of drug-likeness (QED) is 0.719.